The summed E-state index contributed by atoms with van der Waals surface area (Å²) in [6.45, 7) is 4.64. The number of aryl methyl sites for hydroxylation is 1. The minimum absolute atomic E-state index is 0.138. The Hall–Kier alpha value is -3.11. The summed E-state index contributed by atoms with van der Waals surface area (Å²) in [5.41, 5.74) is 3.69. The van der Waals surface area contributed by atoms with Crippen molar-refractivity contribution >= 4 is 5.91 Å². The molecule has 0 bridgehead atoms. The van der Waals surface area contributed by atoms with Crippen LogP contribution in [0.4, 0.5) is 0 Å². The molecule has 1 aliphatic rings. The summed E-state index contributed by atoms with van der Waals surface area (Å²) in [6.07, 6.45) is 3.56. The minimum atomic E-state index is 0.138. The van der Waals surface area contributed by atoms with Crippen molar-refractivity contribution in [1.82, 2.24) is 10.2 Å². The van der Waals surface area contributed by atoms with Gasteiger partial charge in [-0.15, -0.1) is 0 Å². The number of carbonyl (C=O) groups is 1. The highest BCUT2D eigenvalue weighted by Gasteiger charge is 2.22. The Morgan fingerprint density at radius 1 is 0.879 bits per heavy atom. The zero-order valence-electron chi connectivity index (χ0n) is 19.3. The van der Waals surface area contributed by atoms with Crippen LogP contribution >= 0.6 is 0 Å². The maximum Gasteiger partial charge on any atom is 0.220 e. The summed E-state index contributed by atoms with van der Waals surface area (Å²) in [5.74, 6) is 1.67. The van der Waals surface area contributed by atoms with E-state index in [9.17, 15) is 4.79 Å². The number of nitrogens with one attached hydrogen (secondary N) is 1. The average molecular weight is 443 g/mol. The van der Waals surface area contributed by atoms with Gasteiger partial charge in [0, 0.05) is 26.1 Å². The van der Waals surface area contributed by atoms with E-state index < -0.39 is 0 Å². The van der Waals surface area contributed by atoms with Crippen LogP contribution in [-0.2, 0) is 24.4 Å². The first-order valence-electron chi connectivity index (χ1n) is 12.0. The van der Waals surface area contributed by atoms with Crippen molar-refractivity contribution < 1.29 is 9.53 Å². The Bertz CT molecular complexity index is 974. The van der Waals surface area contributed by atoms with Gasteiger partial charge in [-0.3, -0.25) is 9.69 Å². The van der Waals surface area contributed by atoms with Crippen LogP contribution in [-0.4, -0.2) is 30.4 Å². The van der Waals surface area contributed by atoms with Gasteiger partial charge >= 0.3 is 0 Å². The van der Waals surface area contributed by atoms with Crippen molar-refractivity contribution in [2.75, 3.05) is 19.6 Å². The number of amides is 1. The largest absolute Gasteiger partial charge is 0.489 e. The number of hydrogen-bond acceptors (Lipinski definition) is 3. The lowest BCUT2D eigenvalue weighted by Gasteiger charge is -2.16. The predicted molar refractivity (Wildman–Crippen MR) is 133 cm³/mol. The van der Waals surface area contributed by atoms with E-state index in [1.54, 1.807) is 0 Å². The second-order valence-corrected chi connectivity index (χ2v) is 8.93. The maximum atomic E-state index is 12.3. The maximum absolute atomic E-state index is 12.3. The molecule has 3 aromatic carbocycles. The second kappa shape index (κ2) is 12.2. The molecular formula is C29H34N2O2. The lowest BCUT2D eigenvalue weighted by molar-refractivity contribution is -0.121. The molecule has 1 fully saturated rings. The lowest BCUT2D eigenvalue weighted by atomic mass is 10.1. The van der Waals surface area contributed by atoms with Crippen molar-refractivity contribution in [2.45, 2.75) is 38.8 Å². The lowest BCUT2D eigenvalue weighted by Crippen LogP contribution is -2.27. The van der Waals surface area contributed by atoms with E-state index in [0.29, 0.717) is 18.9 Å². The van der Waals surface area contributed by atoms with Crippen LogP contribution in [0.5, 0.6) is 5.75 Å². The molecule has 0 spiro atoms. The Labute approximate surface area is 197 Å². The summed E-state index contributed by atoms with van der Waals surface area (Å²) >= 11 is 0. The zero-order chi connectivity index (χ0) is 22.7. The third-order valence-corrected chi connectivity index (χ3v) is 6.31. The standard InChI is InChI=1S/C29H34N2O2/c32-29(30-19-17-26-18-20-31(22-26)21-25-7-3-1-4-8-25)16-13-24-11-14-28(15-12-24)33-23-27-9-5-2-6-10-27/h1-12,14-15,26H,13,16-23H2,(H,30,32). The smallest absolute Gasteiger partial charge is 0.220 e. The van der Waals surface area contributed by atoms with E-state index in [-0.39, 0.29) is 5.91 Å². The molecule has 4 rings (SSSR count). The number of rotatable bonds is 11. The summed E-state index contributed by atoms with van der Waals surface area (Å²) in [6, 6.07) is 28.9. The molecule has 1 amide bonds. The monoisotopic (exact) mass is 442 g/mol. The van der Waals surface area contributed by atoms with Gasteiger partial charge in [0.15, 0.2) is 0 Å². The quantitative estimate of drug-likeness (QED) is 0.442. The Morgan fingerprint density at radius 2 is 1.58 bits per heavy atom. The Balaban J connectivity index is 1.09. The third-order valence-electron chi connectivity index (χ3n) is 6.31. The van der Waals surface area contributed by atoms with Gasteiger partial charge in [0.05, 0.1) is 0 Å². The molecule has 33 heavy (non-hydrogen) atoms. The highest BCUT2D eigenvalue weighted by molar-refractivity contribution is 5.76. The minimum Gasteiger partial charge on any atom is -0.489 e. The summed E-state index contributed by atoms with van der Waals surface area (Å²) in [7, 11) is 0. The number of carbonyl (C=O) groups excluding carboxylic acids is 1. The second-order valence-electron chi connectivity index (χ2n) is 8.93. The van der Waals surface area contributed by atoms with Crippen LogP contribution < -0.4 is 10.1 Å². The van der Waals surface area contributed by atoms with Crippen molar-refractivity contribution in [3.8, 4) is 5.75 Å². The Kier molecular flexibility index (Phi) is 8.54. The number of nitrogens with zero attached hydrogens (tertiary/aromatic N) is 1. The molecule has 4 heteroatoms. The molecule has 1 aliphatic heterocycles. The molecule has 1 N–H and O–H groups in total. The van der Waals surface area contributed by atoms with E-state index in [1.807, 2.05) is 42.5 Å². The van der Waals surface area contributed by atoms with Crippen molar-refractivity contribution in [1.29, 1.82) is 0 Å². The molecule has 1 unspecified atom stereocenters. The van der Waals surface area contributed by atoms with Gasteiger partial charge in [0.25, 0.3) is 0 Å². The van der Waals surface area contributed by atoms with Gasteiger partial charge in [-0.25, -0.2) is 0 Å². The van der Waals surface area contributed by atoms with E-state index in [1.165, 1.54) is 12.0 Å². The molecule has 3 aromatic rings. The first-order valence-corrected chi connectivity index (χ1v) is 12.0. The highest BCUT2D eigenvalue weighted by Crippen LogP contribution is 2.21. The van der Waals surface area contributed by atoms with E-state index in [2.05, 4.69) is 52.7 Å². The molecule has 4 nitrogen and oxygen atoms in total. The SMILES string of the molecule is O=C(CCc1ccc(OCc2ccccc2)cc1)NCCC1CCN(Cc2ccccc2)C1. The molecule has 172 valence electrons. The van der Waals surface area contributed by atoms with Crippen LogP contribution in [0.25, 0.3) is 0 Å². The van der Waals surface area contributed by atoms with Gasteiger partial charge in [-0.1, -0.05) is 72.8 Å². The fourth-order valence-electron chi connectivity index (χ4n) is 4.39. The summed E-state index contributed by atoms with van der Waals surface area (Å²) in [4.78, 5) is 14.8. The zero-order valence-corrected chi connectivity index (χ0v) is 19.3. The van der Waals surface area contributed by atoms with E-state index in [0.717, 1.165) is 55.9 Å². The molecule has 0 aliphatic carbocycles. The van der Waals surface area contributed by atoms with Gasteiger partial charge in [-0.05, 0) is 60.5 Å². The molecule has 0 aromatic heterocycles. The summed E-state index contributed by atoms with van der Waals surface area (Å²) < 4.78 is 5.83. The fraction of sp³-hybridized carbons (Fsp3) is 0.345. The molecule has 1 heterocycles. The van der Waals surface area contributed by atoms with Crippen molar-refractivity contribution in [3.63, 3.8) is 0 Å². The van der Waals surface area contributed by atoms with Crippen LogP contribution in [0, 0.1) is 5.92 Å². The molecular weight excluding hydrogens is 408 g/mol. The van der Waals surface area contributed by atoms with E-state index in [4.69, 9.17) is 4.74 Å². The number of benzene rings is 3. The number of hydrogen-bond donors (Lipinski definition) is 1. The fourth-order valence-corrected chi connectivity index (χ4v) is 4.39. The topological polar surface area (TPSA) is 41.6 Å². The van der Waals surface area contributed by atoms with Crippen LogP contribution in [0.2, 0.25) is 0 Å². The summed E-state index contributed by atoms with van der Waals surface area (Å²) in [5, 5.41) is 3.11. The van der Waals surface area contributed by atoms with Crippen LogP contribution in [0.15, 0.2) is 84.9 Å². The third kappa shape index (κ3) is 7.76. The molecule has 0 saturated carbocycles. The van der Waals surface area contributed by atoms with Crippen molar-refractivity contribution in [2.24, 2.45) is 5.92 Å². The van der Waals surface area contributed by atoms with Gasteiger partial charge in [0.2, 0.25) is 5.91 Å². The number of likely N-dealkylation sites (tertiary alicyclic amines) is 1. The average Bonchev–Trinajstić information content (AvgIpc) is 3.30. The van der Waals surface area contributed by atoms with Crippen molar-refractivity contribution in [3.05, 3.63) is 102 Å². The van der Waals surface area contributed by atoms with Gasteiger partial charge in [-0.2, -0.15) is 0 Å². The molecule has 0 radical (unpaired) electrons. The predicted octanol–water partition coefficient (Wildman–Crippen LogP) is 5.23. The van der Waals surface area contributed by atoms with E-state index >= 15 is 0 Å². The molecule has 1 atom stereocenters. The normalized spacial score (nSPS) is 15.9. The first-order chi connectivity index (χ1) is 16.2. The van der Waals surface area contributed by atoms with Gasteiger partial charge < -0.3 is 10.1 Å². The first kappa shape index (κ1) is 23.1. The van der Waals surface area contributed by atoms with Crippen LogP contribution in [0.3, 0.4) is 0 Å². The molecule has 1 saturated heterocycles. The number of ether oxygens (including phenoxy) is 1. The van der Waals surface area contributed by atoms with Crippen LogP contribution in [0.1, 0.15) is 36.0 Å². The highest BCUT2D eigenvalue weighted by atomic mass is 16.5. The Morgan fingerprint density at radius 3 is 2.30 bits per heavy atom. The van der Waals surface area contributed by atoms with Gasteiger partial charge in [0.1, 0.15) is 12.4 Å².